The van der Waals surface area contributed by atoms with Crippen molar-refractivity contribution in [2.45, 2.75) is 64.7 Å². The van der Waals surface area contributed by atoms with Crippen molar-refractivity contribution in [3.63, 3.8) is 0 Å². The fourth-order valence-corrected chi connectivity index (χ4v) is 2.42. The van der Waals surface area contributed by atoms with E-state index in [2.05, 4.69) is 43.2 Å². The summed E-state index contributed by atoms with van der Waals surface area (Å²) in [6, 6.07) is 5.61. The Kier molecular flexibility index (Phi) is 4.84. The molecule has 18 heavy (non-hydrogen) atoms. The van der Waals surface area contributed by atoms with Crippen LogP contribution >= 0.6 is 0 Å². The van der Waals surface area contributed by atoms with Crippen molar-refractivity contribution >= 4 is 0 Å². The second-order valence-electron chi connectivity index (χ2n) is 5.41. The Morgan fingerprint density at radius 1 is 1.28 bits per heavy atom. The zero-order chi connectivity index (χ0) is 13.0. The number of nitrogens with one attached hydrogen (secondary N) is 1. The van der Waals surface area contributed by atoms with Gasteiger partial charge < -0.3 is 9.73 Å². The Hall–Kier alpha value is -0.800. The molecule has 102 valence electrons. The zero-order valence-corrected chi connectivity index (χ0v) is 11.9. The van der Waals surface area contributed by atoms with Crippen LogP contribution in [0.1, 0.15) is 51.1 Å². The van der Waals surface area contributed by atoms with Gasteiger partial charge >= 0.3 is 0 Å². The second kappa shape index (κ2) is 6.39. The predicted molar refractivity (Wildman–Crippen MR) is 74.4 cm³/mol. The van der Waals surface area contributed by atoms with Gasteiger partial charge in [-0.15, -0.1) is 0 Å². The molecule has 0 unspecified atom stereocenters. The van der Waals surface area contributed by atoms with Gasteiger partial charge in [0, 0.05) is 12.1 Å². The molecule has 1 aliphatic rings. The monoisotopic (exact) mass is 250 g/mol. The maximum atomic E-state index is 5.87. The summed E-state index contributed by atoms with van der Waals surface area (Å²) in [5.74, 6) is 2.15. The summed E-state index contributed by atoms with van der Waals surface area (Å²) in [4.78, 5) is 2.39. The van der Waals surface area contributed by atoms with Crippen molar-refractivity contribution in [3.05, 3.63) is 23.7 Å². The van der Waals surface area contributed by atoms with Gasteiger partial charge in [-0.05, 0) is 44.9 Å². The average molecular weight is 250 g/mol. The van der Waals surface area contributed by atoms with E-state index < -0.39 is 0 Å². The number of hydrogen-bond donors (Lipinski definition) is 1. The van der Waals surface area contributed by atoms with Crippen molar-refractivity contribution in [1.29, 1.82) is 0 Å². The highest BCUT2D eigenvalue weighted by Gasteiger charge is 2.20. The highest BCUT2D eigenvalue weighted by atomic mass is 16.3. The first-order chi connectivity index (χ1) is 8.72. The smallest absolute Gasteiger partial charge is 0.118 e. The highest BCUT2D eigenvalue weighted by molar-refractivity contribution is 5.07. The summed E-state index contributed by atoms with van der Waals surface area (Å²) in [6.45, 7) is 6.28. The lowest BCUT2D eigenvalue weighted by atomic mass is 10.1. The first kappa shape index (κ1) is 13.6. The summed E-state index contributed by atoms with van der Waals surface area (Å²) >= 11 is 0. The van der Waals surface area contributed by atoms with Crippen LogP contribution in [0.4, 0.5) is 0 Å². The molecule has 1 aromatic rings. The largest absolute Gasteiger partial charge is 0.463 e. The van der Waals surface area contributed by atoms with Gasteiger partial charge in [-0.1, -0.05) is 13.8 Å². The quantitative estimate of drug-likeness (QED) is 0.768. The molecule has 0 saturated heterocycles. The molecular formula is C15H26N2O. The van der Waals surface area contributed by atoms with Crippen LogP contribution < -0.4 is 5.32 Å². The first-order valence-electron chi connectivity index (χ1n) is 7.24. The summed E-state index contributed by atoms with van der Waals surface area (Å²) in [5, 5.41) is 3.48. The Balaban J connectivity index is 1.80. The Bertz CT molecular complexity index is 353. The second-order valence-corrected chi connectivity index (χ2v) is 5.41. The van der Waals surface area contributed by atoms with Crippen LogP contribution in [0, 0.1) is 0 Å². The molecule has 1 heterocycles. The highest BCUT2D eigenvalue weighted by Crippen LogP contribution is 2.20. The molecule has 0 spiro atoms. The van der Waals surface area contributed by atoms with Crippen molar-refractivity contribution in [2.75, 3.05) is 7.05 Å². The van der Waals surface area contributed by atoms with E-state index in [1.165, 1.54) is 25.7 Å². The van der Waals surface area contributed by atoms with Crippen molar-refractivity contribution in [1.82, 2.24) is 10.2 Å². The van der Waals surface area contributed by atoms with Gasteiger partial charge in [-0.3, -0.25) is 4.90 Å². The van der Waals surface area contributed by atoms with E-state index in [1.54, 1.807) is 0 Å². The molecule has 1 aliphatic carbocycles. The number of furan rings is 1. The van der Waals surface area contributed by atoms with Crippen LogP contribution in [0.25, 0.3) is 0 Å². The lowest BCUT2D eigenvalue weighted by Gasteiger charge is -2.24. The minimum atomic E-state index is 0.656. The molecule has 0 aromatic carbocycles. The van der Waals surface area contributed by atoms with Crippen molar-refractivity contribution < 1.29 is 4.42 Å². The molecule has 1 N–H and O–H groups in total. The van der Waals surface area contributed by atoms with Gasteiger partial charge in [0.1, 0.15) is 11.5 Å². The van der Waals surface area contributed by atoms with Gasteiger partial charge in [0.25, 0.3) is 0 Å². The van der Waals surface area contributed by atoms with Gasteiger partial charge in [0.05, 0.1) is 13.1 Å². The first-order valence-corrected chi connectivity index (χ1v) is 7.24. The third kappa shape index (κ3) is 3.85. The Morgan fingerprint density at radius 3 is 2.56 bits per heavy atom. The molecular weight excluding hydrogens is 224 g/mol. The van der Waals surface area contributed by atoms with Gasteiger partial charge in [-0.25, -0.2) is 0 Å². The SMILES string of the molecule is CCC(CC)N(C)Cc1ccc(CNC2CC2)o1. The maximum absolute atomic E-state index is 5.87. The van der Waals surface area contributed by atoms with Crippen molar-refractivity contribution in [2.24, 2.45) is 0 Å². The van der Waals surface area contributed by atoms with E-state index in [9.17, 15) is 0 Å². The Labute approximate surface area is 111 Å². The van der Waals surface area contributed by atoms with Crippen LogP contribution in [0.3, 0.4) is 0 Å². The Morgan fingerprint density at radius 2 is 1.94 bits per heavy atom. The molecule has 0 aliphatic heterocycles. The maximum Gasteiger partial charge on any atom is 0.118 e. The lowest BCUT2D eigenvalue weighted by Crippen LogP contribution is -2.29. The molecule has 3 nitrogen and oxygen atoms in total. The van der Waals surface area contributed by atoms with E-state index in [1.807, 2.05) is 0 Å². The lowest BCUT2D eigenvalue weighted by molar-refractivity contribution is 0.204. The topological polar surface area (TPSA) is 28.4 Å². The van der Waals surface area contributed by atoms with Gasteiger partial charge in [0.2, 0.25) is 0 Å². The summed E-state index contributed by atoms with van der Waals surface area (Å²) < 4.78 is 5.87. The van der Waals surface area contributed by atoms with Crippen LogP contribution in [-0.4, -0.2) is 24.0 Å². The third-order valence-corrected chi connectivity index (χ3v) is 3.83. The summed E-state index contributed by atoms with van der Waals surface area (Å²) in [6.07, 6.45) is 5.05. The molecule has 1 fully saturated rings. The van der Waals surface area contributed by atoms with E-state index in [4.69, 9.17) is 4.42 Å². The van der Waals surface area contributed by atoms with E-state index in [0.29, 0.717) is 6.04 Å². The molecule has 2 rings (SSSR count). The molecule has 1 saturated carbocycles. The summed E-state index contributed by atoms with van der Waals surface area (Å²) in [5.41, 5.74) is 0. The van der Waals surface area contributed by atoms with E-state index in [-0.39, 0.29) is 0 Å². The van der Waals surface area contributed by atoms with E-state index in [0.717, 1.165) is 30.7 Å². The van der Waals surface area contributed by atoms with Crippen LogP contribution in [-0.2, 0) is 13.1 Å². The minimum absolute atomic E-state index is 0.656. The molecule has 0 amide bonds. The minimum Gasteiger partial charge on any atom is -0.463 e. The van der Waals surface area contributed by atoms with E-state index >= 15 is 0 Å². The third-order valence-electron chi connectivity index (χ3n) is 3.83. The van der Waals surface area contributed by atoms with Gasteiger partial charge in [-0.2, -0.15) is 0 Å². The number of hydrogen-bond acceptors (Lipinski definition) is 3. The van der Waals surface area contributed by atoms with Gasteiger partial charge in [0.15, 0.2) is 0 Å². The predicted octanol–water partition coefficient (Wildman–Crippen LogP) is 3.15. The molecule has 0 atom stereocenters. The molecule has 0 bridgehead atoms. The standard InChI is InChI=1S/C15H26N2O/c1-4-13(5-2)17(3)11-15-9-8-14(18-15)10-16-12-6-7-12/h8-9,12-13,16H,4-7,10-11H2,1-3H3. The molecule has 3 heteroatoms. The zero-order valence-electron chi connectivity index (χ0n) is 11.9. The number of rotatable bonds is 8. The van der Waals surface area contributed by atoms with Crippen molar-refractivity contribution in [3.8, 4) is 0 Å². The fourth-order valence-electron chi connectivity index (χ4n) is 2.42. The average Bonchev–Trinajstić information content (AvgIpc) is 3.09. The molecule has 1 aromatic heterocycles. The number of nitrogens with zero attached hydrogens (tertiary/aromatic N) is 1. The summed E-state index contributed by atoms with van der Waals surface area (Å²) in [7, 11) is 2.18. The van der Waals surface area contributed by atoms with Crippen LogP contribution in [0.15, 0.2) is 16.5 Å². The van der Waals surface area contributed by atoms with Crippen LogP contribution in [0.2, 0.25) is 0 Å². The fraction of sp³-hybridized carbons (Fsp3) is 0.733. The van der Waals surface area contributed by atoms with Crippen LogP contribution in [0.5, 0.6) is 0 Å². The normalized spacial score (nSPS) is 15.8. The molecule has 0 radical (unpaired) electrons.